The highest BCUT2D eigenvalue weighted by atomic mass is 35.5. The Morgan fingerprint density at radius 1 is 1.00 bits per heavy atom. The van der Waals surface area contributed by atoms with Crippen LogP contribution in [0.5, 0.6) is 5.75 Å². The van der Waals surface area contributed by atoms with Gasteiger partial charge in [-0.25, -0.2) is 4.57 Å². The van der Waals surface area contributed by atoms with Crippen molar-refractivity contribution in [2.45, 2.75) is 50.5 Å². The van der Waals surface area contributed by atoms with Gasteiger partial charge in [-0.05, 0) is 48.9 Å². The maximum absolute atomic E-state index is 13.4. The smallest absolute Gasteiger partial charge is 0.403 e. The highest BCUT2D eigenvalue weighted by molar-refractivity contribution is 7.48. The van der Waals surface area contributed by atoms with E-state index >= 15 is 0 Å². The maximum Gasteiger partial charge on any atom is 0.530 e. The van der Waals surface area contributed by atoms with E-state index in [-0.39, 0.29) is 30.1 Å². The van der Waals surface area contributed by atoms with Gasteiger partial charge in [-0.2, -0.15) is 26.3 Å². The first-order valence-electron chi connectivity index (χ1n) is 11.5. The molecule has 0 heterocycles. The van der Waals surface area contributed by atoms with Crippen molar-refractivity contribution in [3.63, 3.8) is 0 Å². The molecule has 0 aromatic heterocycles. The summed E-state index contributed by atoms with van der Waals surface area (Å²) in [6.07, 6.45) is -9.63. The van der Waals surface area contributed by atoms with Crippen LogP contribution < -0.4 is 9.84 Å². The molecule has 6 nitrogen and oxygen atoms in total. The number of carbonyl (C=O) groups is 1. The summed E-state index contributed by atoms with van der Waals surface area (Å²) in [5.41, 5.74) is -4.40. The average Bonchev–Trinajstić information content (AvgIpc) is 2.82. The Labute approximate surface area is 231 Å². The van der Waals surface area contributed by atoms with Crippen LogP contribution in [-0.4, -0.2) is 37.4 Å². The fraction of sp³-hybridized carbons (Fsp3) is 0.435. The number of alkyl halides is 6. The number of phosphoric ester groups is 1. The van der Waals surface area contributed by atoms with E-state index in [1.54, 1.807) is 0 Å². The van der Waals surface area contributed by atoms with E-state index in [9.17, 15) is 35.7 Å². The van der Waals surface area contributed by atoms with Gasteiger partial charge >= 0.3 is 20.2 Å². The van der Waals surface area contributed by atoms with Gasteiger partial charge in [0.05, 0.1) is 29.9 Å². The van der Waals surface area contributed by atoms with Crippen molar-refractivity contribution >= 4 is 49.3 Å². The normalized spacial score (nSPS) is 13.8. The van der Waals surface area contributed by atoms with Gasteiger partial charge < -0.3 is 9.84 Å². The quantitative estimate of drug-likeness (QED) is 0.104. The molecule has 0 aliphatic carbocycles. The minimum atomic E-state index is -5.11. The van der Waals surface area contributed by atoms with E-state index in [2.05, 4.69) is 13.1 Å². The third kappa shape index (κ3) is 10.9. The molecule has 2 aromatic rings. The van der Waals surface area contributed by atoms with Gasteiger partial charge in [-0.3, -0.25) is 13.8 Å². The molecule has 0 aliphatic rings. The molecule has 1 N–H and O–H groups in total. The topological polar surface area (TPSA) is 73.9 Å². The number of phosphoric acid groups is 1. The van der Waals surface area contributed by atoms with E-state index < -0.39 is 57.3 Å². The van der Waals surface area contributed by atoms with Gasteiger partial charge in [-0.1, -0.05) is 37.3 Å². The van der Waals surface area contributed by atoms with Crippen LogP contribution in [-0.2, 0) is 26.0 Å². The standard InChI is InChI=1S/C23H26ClF6NO5PSi2/c1-38-9-8-35-37(33,34-7-4-10-39(2)3)36-20-6-5-17(24)14-19(20)21(32)31-18-12-15(22(25,26)27)11-16(13-18)23(28,29)30/h5-6,11-14H,4,7-10H2,1-3H3,(H,31,32). The lowest BCUT2D eigenvalue weighted by Gasteiger charge is -2.20. The third-order valence-electron chi connectivity index (χ3n) is 4.91. The summed E-state index contributed by atoms with van der Waals surface area (Å²) in [5.74, 6) is -1.51. The number of hydrogen-bond donors (Lipinski definition) is 1. The van der Waals surface area contributed by atoms with Crippen molar-refractivity contribution in [3.8, 4) is 5.75 Å². The van der Waals surface area contributed by atoms with Crippen molar-refractivity contribution in [1.29, 1.82) is 0 Å². The molecule has 0 fully saturated rings. The summed E-state index contributed by atoms with van der Waals surface area (Å²) in [6.45, 7) is 6.17. The van der Waals surface area contributed by atoms with Crippen LogP contribution in [0.4, 0.5) is 32.0 Å². The lowest BCUT2D eigenvalue weighted by molar-refractivity contribution is -0.143. The number of amides is 1. The molecule has 16 heteroatoms. The van der Waals surface area contributed by atoms with Gasteiger partial charge in [0.2, 0.25) is 0 Å². The zero-order valence-electron chi connectivity index (χ0n) is 21.1. The van der Waals surface area contributed by atoms with Gasteiger partial charge in [0.1, 0.15) is 5.75 Å². The number of anilines is 1. The molecule has 2 rings (SSSR count). The van der Waals surface area contributed by atoms with E-state index in [1.165, 1.54) is 12.1 Å². The van der Waals surface area contributed by atoms with E-state index in [1.807, 2.05) is 11.9 Å². The number of benzene rings is 2. The minimum absolute atomic E-state index is 0.00283. The molecule has 0 aliphatic heterocycles. The molecule has 0 saturated carbocycles. The lowest BCUT2D eigenvalue weighted by Crippen LogP contribution is -2.17. The number of nitrogens with one attached hydrogen (secondary N) is 1. The van der Waals surface area contributed by atoms with Crippen LogP contribution in [0.2, 0.25) is 36.8 Å². The Morgan fingerprint density at radius 2 is 1.59 bits per heavy atom. The molecule has 2 aromatic carbocycles. The highest BCUT2D eigenvalue weighted by Gasteiger charge is 2.37. The Kier molecular flexibility index (Phi) is 12.1. The second-order valence-electron chi connectivity index (χ2n) is 8.51. The first kappa shape index (κ1) is 33.4. The minimum Gasteiger partial charge on any atom is -0.403 e. The molecule has 0 bridgehead atoms. The third-order valence-corrected chi connectivity index (χ3v) is 8.62. The Morgan fingerprint density at radius 3 is 2.13 bits per heavy atom. The number of carbonyl (C=O) groups excluding carboxylic acids is 1. The van der Waals surface area contributed by atoms with E-state index in [4.69, 9.17) is 25.2 Å². The molecular weight excluding hydrogens is 607 g/mol. The van der Waals surface area contributed by atoms with Crippen molar-refractivity contribution in [2.24, 2.45) is 0 Å². The van der Waals surface area contributed by atoms with Crippen LogP contribution in [0.15, 0.2) is 36.4 Å². The second-order valence-corrected chi connectivity index (χ2v) is 14.7. The number of halogens is 7. The molecular formula is C23H26ClF6NO5PSi2. The zero-order valence-corrected chi connectivity index (χ0v) is 24.8. The highest BCUT2D eigenvalue weighted by Crippen LogP contribution is 2.51. The van der Waals surface area contributed by atoms with Crippen molar-refractivity contribution in [1.82, 2.24) is 0 Å². The van der Waals surface area contributed by atoms with Crippen molar-refractivity contribution in [3.05, 3.63) is 58.1 Å². The summed E-state index contributed by atoms with van der Waals surface area (Å²) < 4.78 is 109. The number of hydrogen-bond acceptors (Lipinski definition) is 5. The predicted molar refractivity (Wildman–Crippen MR) is 139 cm³/mol. The Balaban J connectivity index is 2.39. The first-order chi connectivity index (χ1) is 18.0. The fourth-order valence-corrected chi connectivity index (χ4v) is 5.81. The monoisotopic (exact) mass is 632 g/mol. The van der Waals surface area contributed by atoms with Crippen LogP contribution in [0.25, 0.3) is 0 Å². The van der Waals surface area contributed by atoms with Crippen LogP contribution >= 0.6 is 19.4 Å². The Hall–Kier alpha value is -1.84. The summed E-state index contributed by atoms with van der Waals surface area (Å²) in [5, 5.41) is 2.01. The second kappa shape index (κ2) is 14.2. The molecule has 0 spiro atoms. The summed E-state index contributed by atoms with van der Waals surface area (Å²) in [6, 6.07) is 5.60. The summed E-state index contributed by atoms with van der Waals surface area (Å²) in [7, 11) is -4.34. The SMILES string of the molecule is C[Si]CCOP(=O)(OCCC[Si](C)C)Oc1ccc(Cl)cc1C(=O)Nc1cc(C(F)(F)F)cc(C(F)(F)F)c1. The maximum atomic E-state index is 13.4. The fourth-order valence-electron chi connectivity index (χ4n) is 3.06. The van der Waals surface area contributed by atoms with Crippen molar-refractivity contribution < 1.29 is 49.3 Å². The first-order valence-corrected chi connectivity index (χ1v) is 17.7. The molecule has 1 unspecified atom stereocenters. The van der Waals surface area contributed by atoms with Gasteiger partial charge in [0.25, 0.3) is 5.91 Å². The zero-order chi connectivity index (χ0) is 29.4. The van der Waals surface area contributed by atoms with Crippen molar-refractivity contribution in [2.75, 3.05) is 18.5 Å². The molecule has 1 atom stereocenters. The molecule has 215 valence electrons. The van der Waals surface area contributed by atoms with E-state index in [0.29, 0.717) is 34.1 Å². The summed E-state index contributed by atoms with van der Waals surface area (Å²) >= 11 is 5.98. The van der Waals surface area contributed by atoms with Crippen LogP contribution in [0, 0.1) is 0 Å². The molecule has 1 amide bonds. The summed E-state index contributed by atoms with van der Waals surface area (Å²) in [4.78, 5) is 13.0. The van der Waals surface area contributed by atoms with Gasteiger partial charge in [0, 0.05) is 29.0 Å². The van der Waals surface area contributed by atoms with Crippen LogP contribution in [0.3, 0.4) is 0 Å². The molecule has 0 saturated heterocycles. The van der Waals surface area contributed by atoms with E-state index in [0.717, 1.165) is 12.1 Å². The Bertz CT molecular complexity index is 1150. The predicted octanol–water partition coefficient (Wildman–Crippen LogP) is 8.47. The molecule has 3 radical (unpaired) electrons. The van der Waals surface area contributed by atoms with Gasteiger partial charge in [-0.15, -0.1) is 0 Å². The lowest BCUT2D eigenvalue weighted by atomic mass is 10.1. The van der Waals surface area contributed by atoms with Crippen LogP contribution in [0.1, 0.15) is 27.9 Å². The molecule has 39 heavy (non-hydrogen) atoms. The largest absolute Gasteiger partial charge is 0.530 e. The average molecular weight is 633 g/mol. The number of rotatable bonds is 13. The van der Waals surface area contributed by atoms with Gasteiger partial charge in [0.15, 0.2) is 0 Å².